The van der Waals surface area contributed by atoms with Crippen LogP contribution in [0.4, 0.5) is 0 Å². The molecule has 0 unspecified atom stereocenters. The van der Waals surface area contributed by atoms with Crippen LogP contribution in [0.3, 0.4) is 0 Å². The van der Waals surface area contributed by atoms with Crippen molar-refractivity contribution >= 4 is 5.91 Å². The van der Waals surface area contributed by atoms with Gasteiger partial charge in [0.05, 0.1) is 11.4 Å². The Labute approximate surface area is 170 Å². The molecule has 1 aliphatic heterocycles. The lowest BCUT2D eigenvalue weighted by Gasteiger charge is -2.34. The molecule has 0 atom stereocenters. The van der Waals surface area contributed by atoms with Crippen molar-refractivity contribution in [2.75, 3.05) is 26.2 Å². The molecule has 1 saturated heterocycles. The molecule has 29 heavy (non-hydrogen) atoms. The molecule has 2 aliphatic rings. The van der Waals surface area contributed by atoms with Gasteiger partial charge in [-0.25, -0.2) is 4.68 Å². The third-order valence-corrected chi connectivity index (χ3v) is 5.76. The summed E-state index contributed by atoms with van der Waals surface area (Å²) >= 11 is 0. The Morgan fingerprint density at radius 3 is 2.38 bits per heavy atom. The number of carbonyl (C=O) groups is 1. The van der Waals surface area contributed by atoms with Crippen LogP contribution in [-0.4, -0.2) is 56.7 Å². The van der Waals surface area contributed by atoms with E-state index < -0.39 is 0 Å². The SMILES string of the molecule is O=C(c1cc(C2CC2)nn1-c1ccccc1)N1CCN(Cc2ccncc2)CC1. The summed E-state index contributed by atoms with van der Waals surface area (Å²) in [4.78, 5) is 21.8. The Bertz CT molecular complexity index is 973. The molecule has 6 heteroatoms. The Hall–Kier alpha value is -2.99. The van der Waals surface area contributed by atoms with Crippen molar-refractivity contribution in [3.05, 3.63) is 77.9 Å². The molecule has 6 nitrogen and oxygen atoms in total. The van der Waals surface area contributed by atoms with Gasteiger partial charge < -0.3 is 4.90 Å². The Kier molecular flexibility index (Phi) is 4.86. The molecule has 2 aromatic heterocycles. The minimum Gasteiger partial charge on any atom is -0.335 e. The summed E-state index contributed by atoms with van der Waals surface area (Å²) in [5.41, 5.74) is 3.93. The smallest absolute Gasteiger partial charge is 0.272 e. The highest BCUT2D eigenvalue weighted by Crippen LogP contribution is 2.39. The second-order valence-electron chi connectivity index (χ2n) is 7.90. The summed E-state index contributed by atoms with van der Waals surface area (Å²) in [5, 5.41) is 4.78. The molecule has 148 valence electrons. The quantitative estimate of drug-likeness (QED) is 0.675. The summed E-state index contributed by atoms with van der Waals surface area (Å²) in [7, 11) is 0. The minimum atomic E-state index is 0.0804. The number of hydrogen-bond acceptors (Lipinski definition) is 4. The Morgan fingerprint density at radius 1 is 0.966 bits per heavy atom. The molecule has 1 saturated carbocycles. The molecule has 0 spiro atoms. The van der Waals surface area contributed by atoms with Crippen LogP contribution in [0.25, 0.3) is 5.69 Å². The van der Waals surface area contributed by atoms with E-state index in [-0.39, 0.29) is 5.91 Å². The molecule has 1 aliphatic carbocycles. The summed E-state index contributed by atoms with van der Waals surface area (Å²) in [6, 6.07) is 16.1. The van der Waals surface area contributed by atoms with Crippen LogP contribution in [0.2, 0.25) is 0 Å². The van der Waals surface area contributed by atoms with Crippen LogP contribution in [0.5, 0.6) is 0 Å². The fourth-order valence-electron chi connectivity index (χ4n) is 3.91. The lowest BCUT2D eigenvalue weighted by molar-refractivity contribution is 0.0619. The van der Waals surface area contributed by atoms with E-state index in [0.29, 0.717) is 11.6 Å². The van der Waals surface area contributed by atoms with Gasteiger partial charge in [-0.1, -0.05) is 18.2 Å². The van der Waals surface area contributed by atoms with Crippen molar-refractivity contribution in [2.45, 2.75) is 25.3 Å². The maximum absolute atomic E-state index is 13.4. The first-order chi connectivity index (χ1) is 14.3. The second-order valence-corrected chi connectivity index (χ2v) is 7.90. The summed E-state index contributed by atoms with van der Waals surface area (Å²) in [6.45, 7) is 4.13. The molecule has 0 bridgehead atoms. The number of amides is 1. The number of carbonyl (C=O) groups excluding carboxylic acids is 1. The third-order valence-electron chi connectivity index (χ3n) is 5.76. The number of benzene rings is 1. The van der Waals surface area contributed by atoms with Gasteiger partial charge >= 0.3 is 0 Å². The standard InChI is InChI=1S/C23H25N5O/c29-23(27-14-12-26(13-15-27)17-18-8-10-24-11-9-18)22-16-21(19-6-7-19)25-28(22)20-4-2-1-3-5-20/h1-5,8-11,16,19H,6-7,12-15,17H2. The van der Waals surface area contributed by atoms with Crippen molar-refractivity contribution in [1.29, 1.82) is 0 Å². The van der Waals surface area contributed by atoms with Gasteiger partial charge in [0, 0.05) is 51.0 Å². The van der Waals surface area contributed by atoms with Gasteiger partial charge in [-0.3, -0.25) is 14.7 Å². The Morgan fingerprint density at radius 2 is 1.69 bits per heavy atom. The lowest BCUT2D eigenvalue weighted by atomic mass is 10.2. The summed E-state index contributed by atoms with van der Waals surface area (Å²) in [5.74, 6) is 0.598. The maximum atomic E-state index is 13.4. The van der Waals surface area contributed by atoms with E-state index in [9.17, 15) is 4.79 Å². The molecular weight excluding hydrogens is 362 g/mol. The first kappa shape index (κ1) is 18.1. The lowest BCUT2D eigenvalue weighted by Crippen LogP contribution is -2.48. The Balaban J connectivity index is 1.31. The number of hydrogen-bond donors (Lipinski definition) is 0. The van der Waals surface area contributed by atoms with Gasteiger partial charge in [0.1, 0.15) is 5.69 Å². The summed E-state index contributed by atoms with van der Waals surface area (Å²) < 4.78 is 1.83. The van der Waals surface area contributed by atoms with Crippen LogP contribution in [0, 0.1) is 0 Å². The molecule has 5 rings (SSSR count). The average molecular weight is 387 g/mol. The highest BCUT2D eigenvalue weighted by atomic mass is 16.2. The van der Waals surface area contributed by atoms with E-state index in [1.807, 2.05) is 58.4 Å². The highest BCUT2D eigenvalue weighted by Gasteiger charge is 2.31. The molecule has 3 heterocycles. The zero-order chi connectivity index (χ0) is 19.6. The van der Waals surface area contributed by atoms with E-state index in [4.69, 9.17) is 5.10 Å². The number of aromatic nitrogens is 3. The topological polar surface area (TPSA) is 54.3 Å². The largest absolute Gasteiger partial charge is 0.335 e. The van der Waals surface area contributed by atoms with Crippen molar-refractivity contribution in [3.8, 4) is 5.69 Å². The van der Waals surface area contributed by atoms with Crippen LogP contribution in [0.15, 0.2) is 60.9 Å². The van der Waals surface area contributed by atoms with Gasteiger partial charge in [0.2, 0.25) is 0 Å². The van der Waals surface area contributed by atoms with Crippen LogP contribution in [0.1, 0.15) is 40.5 Å². The van der Waals surface area contributed by atoms with Crippen LogP contribution in [-0.2, 0) is 6.54 Å². The highest BCUT2D eigenvalue weighted by molar-refractivity contribution is 5.93. The molecule has 1 aromatic carbocycles. The number of nitrogens with zero attached hydrogens (tertiary/aromatic N) is 5. The van der Waals surface area contributed by atoms with Crippen molar-refractivity contribution in [1.82, 2.24) is 24.6 Å². The monoisotopic (exact) mass is 387 g/mol. The zero-order valence-electron chi connectivity index (χ0n) is 16.4. The van der Waals surface area contributed by atoms with E-state index in [2.05, 4.69) is 22.0 Å². The molecule has 0 radical (unpaired) electrons. The van der Waals surface area contributed by atoms with Crippen molar-refractivity contribution in [3.63, 3.8) is 0 Å². The van der Waals surface area contributed by atoms with Crippen LogP contribution < -0.4 is 0 Å². The van der Waals surface area contributed by atoms with E-state index in [1.165, 1.54) is 18.4 Å². The number of piperazine rings is 1. The average Bonchev–Trinajstić information content (AvgIpc) is 3.53. The minimum absolute atomic E-state index is 0.0804. The van der Waals surface area contributed by atoms with Gasteiger partial charge in [-0.2, -0.15) is 5.10 Å². The normalized spacial score (nSPS) is 17.4. The zero-order valence-corrected chi connectivity index (χ0v) is 16.4. The number of para-hydroxylation sites is 1. The van der Waals surface area contributed by atoms with Gasteiger partial charge in [0.15, 0.2) is 0 Å². The summed E-state index contributed by atoms with van der Waals surface area (Å²) in [6.07, 6.45) is 6.01. The molecule has 2 fully saturated rings. The molecule has 1 amide bonds. The van der Waals surface area contributed by atoms with E-state index >= 15 is 0 Å². The molecule has 0 N–H and O–H groups in total. The first-order valence-electron chi connectivity index (χ1n) is 10.3. The van der Waals surface area contributed by atoms with E-state index in [1.54, 1.807) is 0 Å². The van der Waals surface area contributed by atoms with Gasteiger partial charge in [-0.15, -0.1) is 0 Å². The number of pyridine rings is 1. The fourth-order valence-corrected chi connectivity index (χ4v) is 3.91. The van der Waals surface area contributed by atoms with Crippen LogP contribution >= 0.6 is 0 Å². The number of rotatable bonds is 5. The predicted octanol–water partition coefficient (Wildman–Crippen LogP) is 3.10. The second kappa shape index (κ2) is 7.79. The van der Waals surface area contributed by atoms with Crippen molar-refractivity contribution < 1.29 is 4.79 Å². The predicted molar refractivity (Wildman–Crippen MR) is 111 cm³/mol. The van der Waals surface area contributed by atoms with Gasteiger partial charge in [-0.05, 0) is 48.7 Å². The maximum Gasteiger partial charge on any atom is 0.272 e. The molecular formula is C23H25N5O. The first-order valence-corrected chi connectivity index (χ1v) is 10.3. The molecule has 3 aromatic rings. The fraction of sp³-hybridized carbons (Fsp3) is 0.348. The third kappa shape index (κ3) is 3.93. The van der Waals surface area contributed by atoms with Crippen molar-refractivity contribution in [2.24, 2.45) is 0 Å². The van der Waals surface area contributed by atoms with E-state index in [0.717, 1.165) is 44.1 Å². The van der Waals surface area contributed by atoms with Gasteiger partial charge in [0.25, 0.3) is 5.91 Å².